The highest BCUT2D eigenvalue weighted by atomic mass is 35.5. The lowest BCUT2D eigenvalue weighted by atomic mass is 10.1. The highest BCUT2D eigenvalue weighted by Crippen LogP contribution is 2.32. The Hall–Kier alpha value is -2.60. The second-order valence-electron chi connectivity index (χ2n) is 7.79. The van der Waals surface area contributed by atoms with E-state index in [1.165, 1.54) is 11.2 Å². The Bertz CT molecular complexity index is 1220. The van der Waals surface area contributed by atoms with Crippen LogP contribution in [0, 0.1) is 0 Å². The average molecular weight is 487 g/mol. The number of aromatic nitrogens is 4. The normalized spacial score (nSPS) is 22.8. The van der Waals surface area contributed by atoms with Crippen molar-refractivity contribution in [2.45, 2.75) is 37.6 Å². The quantitative estimate of drug-likeness (QED) is 0.300. The zero-order valence-corrected chi connectivity index (χ0v) is 19.1. The Morgan fingerprint density at radius 1 is 1.09 bits per heavy atom. The van der Waals surface area contributed by atoms with Crippen LogP contribution in [0.4, 0.5) is 5.82 Å². The van der Waals surface area contributed by atoms with E-state index >= 15 is 0 Å². The second-order valence-corrected chi connectivity index (χ2v) is 9.26. The third-order valence-electron chi connectivity index (χ3n) is 5.54. The molecule has 1 aromatic carbocycles. The summed E-state index contributed by atoms with van der Waals surface area (Å²) in [7, 11) is 0. The monoisotopic (exact) mass is 486 g/mol. The van der Waals surface area contributed by atoms with Crippen molar-refractivity contribution in [3.8, 4) is 0 Å². The average Bonchev–Trinajstić information content (AvgIpc) is 3.54. The molecule has 3 aromatic heterocycles. The molecule has 33 heavy (non-hydrogen) atoms. The molecule has 1 saturated heterocycles. The summed E-state index contributed by atoms with van der Waals surface area (Å²) in [4.78, 5) is 14.3. The van der Waals surface area contributed by atoms with E-state index in [9.17, 15) is 10.2 Å². The lowest BCUT2D eigenvalue weighted by molar-refractivity contribution is -0.0342. The Labute approximate surface area is 199 Å². The van der Waals surface area contributed by atoms with Crippen molar-refractivity contribution >= 4 is 39.9 Å². The summed E-state index contributed by atoms with van der Waals surface area (Å²) in [6.07, 6.45) is -0.553. The number of benzene rings is 1. The summed E-state index contributed by atoms with van der Waals surface area (Å²) in [5.74, 6) is 0.556. The molecule has 4 heterocycles. The van der Waals surface area contributed by atoms with Crippen LogP contribution in [0.25, 0.3) is 11.2 Å². The zero-order valence-electron chi connectivity index (χ0n) is 17.5. The van der Waals surface area contributed by atoms with Gasteiger partial charge in [0.1, 0.15) is 24.6 Å². The van der Waals surface area contributed by atoms with Gasteiger partial charge in [-0.15, -0.1) is 11.3 Å². The number of thiophene rings is 1. The standard InChI is InChI=1S/C22H23ClN6O3S/c23-14-4-1-3-13(7-14)8-25-20-17-21(27-11-26-20)29(12-28-17)22-19(31)18(30)16(32-22)10-24-9-15-5-2-6-33-15/h1-7,11-12,16,18-19,22,24,30-31H,8-10H2,(H,25,26,27)/t16-,18-,19-,22-/m1/s1. The third-order valence-corrected chi connectivity index (χ3v) is 6.66. The van der Waals surface area contributed by atoms with Crippen LogP contribution < -0.4 is 10.6 Å². The van der Waals surface area contributed by atoms with Crippen molar-refractivity contribution in [2.24, 2.45) is 0 Å². The number of fused-ring (bicyclic) bond motifs is 1. The molecule has 4 atom stereocenters. The fraction of sp³-hybridized carbons (Fsp3) is 0.318. The SMILES string of the molecule is O[C@@H]1[C@H](O)[C@@H](CNCc2cccs2)O[C@H]1n1cnc2c(NCc3cccc(Cl)c3)ncnc21. The Morgan fingerprint density at radius 3 is 2.82 bits per heavy atom. The van der Waals surface area contributed by atoms with Crippen LogP contribution in [0.2, 0.25) is 5.02 Å². The maximum absolute atomic E-state index is 10.7. The van der Waals surface area contributed by atoms with Crippen LogP contribution in [0.3, 0.4) is 0 Å². The van der Waals surface area contributed by atoms with Gasteiger partial charge in [-0.05, 0) is 29.1 Å². The first-order valence-electron chi connectivity index (χ1n) is 10.5. The van der Waals surface area contributed by atoms with Crippen LogP contribution in [0.15, 0.2) is 54.4 Å². The maximum atomic E-state index is 10.7. The number of nitrogens with one attached hydrogen (secondary N) is 2. The van der Waals surface area contributed by atoms with E-state index in [2.05, 4.69) is 25.6 Å². The van der Waals surface area contributed by atoms with Gasteiger partial charge in [0.25, 0.3) is 0 Å². The van der Waals surface area contributed by atoms with E-state index in [1.54, 1.807) is 22.2 Å². The van der Waals surface area contributed by atoms with Crippen molar-refractivity contribution < 1.29 is 14.9 Å². The van der Waals surface area contributed by atoms with Crippen LogP contribution in [0.1, 0.15) is 16.7 Å². The van der Waals surface area contributed by atoms with Gasteiger partial charge in [0.15, 0.2) is 23.2 Å². The van der Waals surface area contributed by atoms with Gasteiger partial charge in [0, 0.05) is 29.5 Å². The van der Waals surface area contributed by atoms with Crippen LogP contribution in [-0.4, -0.2) is 54.6 Å². The third kappa shape index (κ3) is 4.72. The molecule has 0 radical (unpaired) electrons. The van der Waals surface area contributed by atoms with Gasteiger partial charge >= 0.3 is 0 Å². The first-order chi connectivity index (χ1) is 16.1. The van der Waals surface area contributed by atoms with E-state index in [1.807, 2.05) is 41.8 Å². The maximum Gasteiger partial charge on any atom is 0.167 e. The molecule has 5 rings (SSSR count). The summed E-state index contributed by atoms with van der Waals surface area (Å²) in [6, 6.07) is 11.6. The van der Waals surface area contributed by atoms with E-state index in [-0.39, 0.29) is 0 Å². The minimum absolute atomic E-state index is 0.403. The first kappa shape index (κ1) is 22.2. The number of aliphatic hydroxyl groups excluding tert-OH is 2. The van der Waals surface area contributed by atoms with Gasteiger partial charge in [0.2, 0.25) is 0 Å². The molecule has 0 amide bonds. The van der Waals surface area contributed by atoms with E-state index in [4.69, 9.17) is 16.3 Å². The van der Waals surface area contributed by atoms with Gasteiger partial charge in [0.05, 0.1) is 6.33 Å². The zero-order chi connectivity index (χ0) is 22.8. The highest BCUT2D eigenvalue weighted by Gasteiger charge is 2.44. The summed E-state index contributed by atoms with van der Waals surface area (Å²) in [5.41, 5.74) is 2.05. The van der Waals surface area contributed by atoms with E-state index in [0.717, 1.165) is 5.56 Å². The molecular weight excluding hydrogens is 464 g/mol. The fourth-order valence-electron chi connectivity index (χ4n) is 3.88. The number of hydrogen-bond acceptors (Lipinski definition) is 9. The molecule has 0 unspecified atom stereocenters. The van der Waals surface area contributed by atoms with Gasteiger partial charge in [-0.3, -0.25) is 4.57 Å². The summed E-state index contributed by atoms with van der Waals surface area (Å²) < 4.78 is 7.64. The van der Waals surface area contributed by atoms with Gasteiger partial charge in [-0.1, -0.05) is 29.8 Å². The summed E-state index contributed by atoms with van der Waals surface area (Å²) in [6.45, 7) is 1.59. The molecule has 1 aliphatic rings. The lowest BCUT2D eigenvalue weighted by Gasteiger charge is -2.16. The molecular formula is C22H23ClN6O3S. The summed E-state index contributed by atoms with van der Waals surface area (Å²) >= 11 is 7.72. The van der Waals surface area contributed by atoms with Crippen LogP contribution in [0.5, 0.6) is 0 Å². The largest absolute Gasteiger partial charge is 0.387 e. The van der Waals surface area contributed by atoms with Crippen molar-refractivity contribution in [1.82, 2.24) is 24.8 Å². The number of hydrogen-bond donors (Lipinski definition) is 4. The first-order valence-corrected chi connectivity index (χ1v) is 11.8. The minimum Gasteiger partial charge on any atom is -0.387 e. The predicted octanol–water partition coefficient (Wildman–Crippen LogP) is 2.56. The Kier molecular flexibility index (Phi) is 6.54. The number of anilines is 1. The lowest BCUT2D eigenvalue weighted by Crippen LogP contribution is -2.37. The molecule has 0 saturated carbocycles. The fourth-order valence-corrected chi connectivity index (χ4v) is 4.77. The van der Waals surface area contributed by atoms with Crippen molar-refractivity contribution in [2.75, 3.05) is 11.9 Å². The van der Waals surface area contributed by atoms with Gasteiger partial charge in [-0.25, -0.2) is 15.0 Å². The Morgan fingerprint density at radius 2 is 2.00 bits per heavy atom. The van der Waals surface area contributed by atoms with Crippen LogP contribution in [-0.2, 0) is 17.8 Å². The molecule has 0 spiro atoms. The smallest absolute Gasteiger partial charge is 0.167 e. The number of ether oxygens (including phenoxy) is 1. The number of aliphatic hydroxyl groups is 2. The van der Waals surface area contributed by atoms with E-state index < -0.39 is 24.5 Å². The topological polar surface area (TPSA) is 117 Å². The molecule has 11 heteroatoms. The van der Waals surface area contributed by atoms with Gasteiger partial charge in [-0.2, -0.15) is 0 Å². The molecule has 0 bridgehead atoms. The molecule has 1 aliphatic heterocycles. The highest BCUT2D eigenvalue weighted by molar-refractivity contribution is 7.09. The molecule has 1 fully saturated rings. The van der Waals surface area contributed by atoms with Crippen LogP contribution >= 0.6 is 22.9 Å². The minimum atomic E-state index is -1.12. The second kappa shape index (κ2) is 9.72. The van der Waals surface area contributed by atoms with Crippen molar-refractivity contribution in [3.05, 3.63) is 69.9 Å². The summed E-state index contributed by atoms with van der Waals surface area (Å²) in [5, 5.41) is 30.4. The predicted molar refractivity (Wildman–Crippen MR) is 126 cm³/mol. The number of nitrogens with zero attached hydrogens (tertiary/aromatic N) is 4. The number of halogens is 1. The molecule has 172 valence electrons. The Balaban J connectivity index is 1.29. The van der Waals surface area contributed by atoms with E-state index in [0.29, 0.717) is 41.6 Å². The van der Waals surface area contributed by atoms with Crippen molar-refractivity contribution in [3.63, 3.8) is 0 Å². The molecule has 4 N–H and O–H groups in total. The molecule has 4 aromatic rings. The van der Waals surface area contributed by atoms with Crippen molar-refractivity contribution in [1.29, 1.82) is 0 Å². The number of rotatable bonds is 8. The number of imidazole rings is 1. The molecule has 9 nitrogen and oxygen atoms in total. The molecule has 0 aliphatic carbocycles. The van der Waals surface area contributed by atoms with Gasteiger partial charge < -0.3 is 25.6 Å².